The van der Waals surface area contributed by atoms with E-state index in [2.05, 4.69) is 9.97 Å². The normalized spacial score (nSPS) is 10.3. The maximum absolute atomic E-state index is 5.93. The fourth-order valence-corrected chi connectivity index (χ4v) is 1.52. The van der Waals surface area contributed by atoms with E-state index >= 15 is 0 Å². The average molecular weight is 269 g/mol. The Labute approximate surface area is 109 Å². The third-order valence-corrected chi connectivity index (χ3v) is 2.87. The first-order chi connectivity index (χ1) is 8.19. The van der Waals surface area contributed by atoms with Crippen LogP contribution in [0.1, 0.15) is 11.3 Å². The lowest BCUT2D eigenvalue weighted by molar-refractivity contribution is 0.459. The topological polar surface area (TPSA) is 35.0 Å². The van der Waals surface area contributed by atoms with Crippen LogP contribution in [-0.4, -0.2) is 9.97 Å². The zero-order chi connectivity index (χ0) is 12.3. The van der Waals surface area contributed by atoms with E-state index in [-0.39, 0.29) is 0 Å². The van der Waals surface area contributed by atoms with Gasteiger partial charge in [0.2, 0.25) is 5.88 Å². The van der Waals surface area contributed by atoms with Crippen molar-refractivity contribution in [2.24, 2.45) is 0 Å². The third-order valence-electron chi connectivity index (χ3n) is 2.17. The molecule has 0 aliphatic carbocycles. The van der Waals surface area contributed by atoms with Crippen LogP contribution in [0, 0.1) is 6.92 Å². The number of nitrogens with zero attached hydrogens (tertiary/aromatic N) is 2. The number of rotatable bonds is 3. The molecule has 2 aromatic rings. The molecule has 0 N–H and O–H groups in total. The highest BCUT2D eigenvalue weighted by atomic mass is 35.5. The minimum absolute atomic E-state index is 0.341. The Balaban J connectivity index is 2.16. The van der Waals surface area contributed by atoms with E-state index in [0.717, 1.165) is 5.56 Å². The molecule has 0 aliphatic rings. The highest BCUT2D eigenvalue weighted by Gasteiger charge is 2.02. The maximum atomic E-state index is 5.93. The second-order valence-electron chi connectivity index (χ2n) is 3.49. The summed E-state index contributed by atoms with van der Waals surface area (Å²) in [6.07, 6.45) is 3.13. The van der Waals surface area contributed by atoms with Crippen molar-refractivity contribution in [3.8, 4) is 11.6 Å². The molecule has 1 heterocycles. The van der Waals surface area contributed by atoms with Crippen LogP contribution in [0.2, 0.25) is 5.02 Å². The molecule has 0 amide bonds. The molecule has 0 saturated carbocycles. The van der Waals surface area contributed by atoms with Crippen molar-refractivity contribution in [3.63, 3.8) is 0 Å². The average Bonchev–Trinajstić information content (AvgIpc) is 2.35. The third kappa shape index (κ3) is 3.08. The van der Waals surface area contributed by atoms with Gasteiger partial charge in [-0.3, -0.25) is 4.98 Å². The van der Waals surface area contributed by atoms with Crippen molar-refractivity contribution in [3.05, 3.63) is 46.9 Å². The molecule has 17 heavy (non-hydrogen) atoms. The molecule has 3 nitrogen and oxygen atoms in total. The monoisotopic (exact) mass is 268 g/mol. The number of aryl methyl sites for hydroxylation is 1. The van der Waals surface area contributed by atoms with Gasteiger partial charge in [-0.2, -0.15) is 0 Å². The molecular weight excluding hydrogens is 259 g/mol. The van der Waals surface area contributed by atoms with Gasteiger partial charge in [0.1, 0.15) is 5.75 Å². The highest BCUT2D eigenvalue weighted by molar-refractivity contribution is 6.31. The molecule has 5 heteroatoms. The van der Waals surface area contributed by atoms with Gasteiger partial charge < -0.3 is 4.74 Å². The number of halogens is 2. The first-order valence-corrected chi connectivity index (χ1v) is 5.91. The van der Waals surface area contributed by atoms with Gasteiger partial charge in [0.05, 0.1) is 24.0 Å². The van der Waals surface area contributed by atoms with Crippen molar-refractivity contribution in [2.75, 3.05) is 0 Å². The molecule has 0 spiro atoms. The van der Waals surface area contributed by atoms with Crippen molar-refractivity contribution in [1.82, 2.24) is 9.97 Å². The Morgan fingerprint density at radius 1 is 1.24 bits per heavy atom. The molecule has 0 atom stereocenters. The van der Waals surface area contributed by atoms with Gasteiger partial charge >= 0.3 is 0 Å². The second-order valence-corrected chi connectivity index (χ2v) is 4.17. The number of hydrogen-bond acceptors (Lipinski definition) is 3. The predicted octanol–water partition coefficient (Wildman–Crippen LogP) is 3.97. The maximum Gasteiger partial charge on any atom is 0.237 e. The van der Waals surface area contributed by atoms with E-state index in [1.165, 1.54) is 0 Å². The van der Waals surface area contributed by atoms with Crippen LogP contribution in [0.5, 0.6) is 11.6 Å². The molecular formula is C12H10Cl2N2O. The van der Waals surface area contributed by atoms with Gasteiger partial charge in [0.25, 0.3) is 0 Å². The summed E-state index contributed by atoms with van der Waals surface area (Å²) in [6, 6.07) is 5.42. The Hall–Kier alpha value is -1.32. The van der Waals surface area contributed by atoms with Crippen molar-refractivity contribution < 1.29 is 4.74 Å². The number of hydrogen-bond donors (Lipinski definition) is 0. The van der Waals surface area contributed by atoms with Crippen LogP contribution in [0.3, 0.4) is 0 Å². The lowest BCUT2D eigenvalue weighted by atomic mass is 10.2. The molecule has 0 unspecified atom stereocenters. The van der Waals surface area contributed by atoms with Crippen molar-refractivity contribution >= 4 is 23.2 Å². The Kier molecular flexibility index (Phi) is 3.82. The first-order valence-electron chi connectivity index (χ1n) is 5.00. The molecule has 1 aromatic carbocycles. The van der Waals surface area contributed by atoms with Gasteiger partial charge in [-0.1, -0.05) is 11.6 Å². The number of benzene rings is 1. The molecule has 0 saturated heterocycles. The quantitative estimate of drug-likeness (QED) is 0.791. The Bertz CT molecular complexity index is 514. The summed E-state index contributed by atoms with van der Waals surface area (Å²) >= 11 is 11.5. The standard InChI is InChI=1S/C12H10Cl2N2O/c1-8-4-10(2-3-11(8)14)17-12-7-15-9(5-13)6-16-12/h2-4,6-7H,5H2,1H3. The van der Waals surface area contributed by atoms with Gasteiger partial charge in [0.15, 0.2) is 0 Å². The summed E-state index contributed by atoms with van der Waals surface area (Å²) in [5.41, 5.74) is 1.67. The summed E-state index contributed by atoms with van der Waals surface area (Å²) in [7, 11) is 0. The SMILES string of the molecule is Cc1cc(Oc2cnc(CCl)cn2)ccc1Cl. The Morgan fingerprint density at radius 2 is 2.06 bits per heavy atom. The zero-order valence-electron chi connectivity index (χ0n) is 9.15. The van der Waals surface area contributed by atoms with Gasteiger partial charge in [-0.05, 0) is 30.7 Å². The molecule has 0 fully saturated rings. The largest absolute Gasteiger partial charge is 0.437 e. The Morgan fingerprint density at radius 3 is 2.65 bits per heavy atom. The van der Waals surface area contributed by atoms with E-state index in [4.69, 9.17) is 27.9 Å². The number of ether oxygens (including phenoxy) is 1. The molecule has 0 aliphatic heterocycles. The van der Waals surface area contributed by atoms with Crippen molar-refractivity contribution in [1.29, 1.82) is 0 Å². The van der Waals surface area contributed by atoms with E-state index in [0.29, 0.717) is 28.2 Å². The lowest BCUT2D eigenvalue weighted by Gasteiger charge is -2.06. The number of alkyl halides is 1. The lowest BCUT2D eigenvalue weighted by Crippen LogP contribution is -1.92. The van der Waals surface area contributed by atoms with E-state index < -0.39 is 0 Å². The molecule has 88 valence electrons. The summed E-state index contributed by atoms with van der Waals surface area (Å²) in [5, 5.41) is 0.709. The molecule has 2 rings (SSSR count). The predicted molar refractivity (Wildman–Crippen MR) is 67.9 cm³/mol. The van der Waals surface area contributed by atoms with Gasteiger partial charge in [0, 0.05) is 5.02 Å². The van der Waals surface area contributed by atoms with E-state index in [1.807, 2.05) is 13.0 Å². The van der Waals surface area contributed by atoms with Gasteiger partial charge in [-0.15, -0.1) is 11.6 Å². The summed E-state index contributed by atoms with van der Waals surface area (Å²) in [4.78, 5) is 8.18. The van der Waals surface area contributed by atoms with Crippen LogP contribution in [0.4, 0.5) is 0 Å². The molecule has 0 bridgehead atoms. The van der Waals surface area contributed by atoms with Crippen LogP contribution in [0.15, 0.2) is 30.6 Å². The summed E-state index contributed by atoms with van der Waals surface area (Å²) < 4.78 is 5.54. The van der Waals surface area contributed by atoms with Crippen molar-refractivity contribution in [2.45, 2.75) is 12.8 Å². The minimum Gasteiger partial charge on any atom is -0.437 e. The highest BCUT2D eigenvalue weighted by Crippen LogP contribution is 2.24. The van der Waals surface area contributed by atoms with Gasteiger partial charge in [-0.25, -0.2) is 4.98 Å². The molecule has 1 aromatic heterocycles. The van der Waals surface area contributed by atoms with Crippen LogP contribution < -0.4 is 4.74 Å². The smallest absolute Gasteiger partial charge is 0.237 e. The zero-order valence-corrected chi connectivity index (χ0v) is 10.7. The summed E-state index contributed by atoms with van der Waals surface area (Å²) in [6.45, 7) is 1.91. The van der Waals surface area contributed by atoms with E-state index in [1.54, 1.807) is 24.5 Å². The number of aromatic nitrogens is 2. The van der Waals surface area contributed by atoms with Crippen LogP contribution >= 0.6 is 23.2 Å². The van der Waals surface area contributed by atoms with E-state index in [9.17, 15) is 0 Å². The van der Waals surface area contributed by atoms with Crippen LogP contribution in [0.25, 0.3) is 0 Å². The van der Waals surface area contributed by atoms with Crippen LogP contribution in [-0.2, 0) is 5.88 Å². The fraction of sp³-hybridized carbons (Fsp3) is 0.167. The summed E-state index contributed by atoms with van der Waals surface area (Å²) in [5.74, 6) is 1.45. The minimum atomic E-state index is 0.341. The first kappa shape index (κ1) is 12.1. The fourth-order valence-electron chi connectivity index (χ4n) is 1.27. The molecule has 0 radical (unpaired) electrons. The second kappa shape index (κ2) is 5.34.